The Morgan fingerprint density at radius 2 is 2.00 bits per heavy atom. The van der Waals surface area contributed by atoms with Crippen LogP contribution in [-0.4, -0.2) is 30.3 Å². The van der Waals surface area contributed by atoms with Gasteiger partial charge in [-0.25, -0.2) is 0 Å². The van der Waals surface area contributed by atoms with E-state index in [1.807, 2.05) is 12.1 Å². The molecule has 0 aromatic heterocycles. The minimum atomic E-state index is -0.142. The van der Waals surface area contributed by atoms with Crippen molar-refractivity contribution in [1.29, 1.82) is 0 Å². The standard InChI is InChI=1S/C13H20N2O/c1-11-4-2-3-5-12(11)15-13(10-16)6-8-14-9-7-13/h2-5,14-16H,6-10H2,1H3. The van der Waals surface area contributed by atoms with Crippen molar-refractivity contribution in [3.63, 3.8) is 0 Å². The molecule has 1 aromatic rings. The minimum absolute atomic E-state index is 0.142. The van der Waals surface area contributed by atoms with Gasteiger partial charge in [0, 0.05) is 5.69 Å². The highest BCUT2D eigenvalue weighted by molar-refractivity contribution is 5.52. The number of hydrogen-bond acceptors (Lipinski definition) is 3. The van der Waals surface area contributed by atoms with Crippen LogP contribution in [-0.2, 0) is 0 Å². The Morgan fingerprint density at radius 1 is 1.31 bits per heavy atom. The molecular weight excluding hydrogens is 200 g/mol. The normalized spacial score (nSPS) is 19.4. The molecule has 0 amide bonds. The van der Waals surface area contributed by atoms with E-state index < -0.39 is 0 Å². The van der Waals surface area contributed by atoms with Crippen LogP contribution >= 0.6 is 0 Å². The zero-order chi connectivity index (χ0) is 11.4. The summed E-state index contributed by atoms with van der Waals surface area (Å²) in [6, 6.07) is 8.24. The van der Waals surface area contributed by atoms with Crippen LogP contribution in [0.1, 0.15) is 18.4 Å². The van der Waals surface area contributed by atoms with E-state index in [1.165, 1.54) is 5.56 Å². The summed E-state index contributed by atoms with van der Waals surface area (Å²) in [4.78, 5) is 0. The molecule has 0 bridgehead atoms. The zero-order valence-corrected chi connectivity index (χ0v) is 9.79. The Labute approximate surface area is 96.9 Å². The molecule has 3 N–H and O–H groups in total. The predicted molar refractivity (Wildman–Crippen MR) is 66.7 cm³/mol. The molecule has 1 aliphatic rings. The highest BCUT2D eigenvalue weighted by Gasteiger charge is 2.31. The summed E-state index contributed by atoms with van der Waals surface area (Å²) in [7, 11) is 0. The number of aryl methyl sites for hydroxylation is 1. The molecule has 16 heavy (non-hydrogen) atoms. The zero-order valence-electron chi connectivity index (χ0n) is 9.79. The molecule has 0 unspecified atom stereocenters. The molecule has 0 atom stereocenters. The highest BCUT2D eigenvalue weighted by atomic mass is 16.3. The average Bonchev–Trinajstić information content (AvgIpc) is 2.33. The van der Waals surface area contributed by atoms with Gasteiger partial charge in [0.15, 0.2) is 0 Å². The van der Waals surface area contributed by atoms with E-state index in [1.54, 1.807) is 0 Å². The third-order valence-electron chi connectivity index (χ3n) is 3.41. The number of benzene rings is 1. The lowest BCUT2D eigenvalue weighted by Crippen LogP contribution is -2.50. The molecule has 1 heterocycles. The first-order chi connectivity index (χ1) is 7.76. The molecule has 0 aliphatic carbocycles. The van der Waals surface area contributed by atoms with Gasteiger partial charge < -0.3 is 15.7 Å². The molecular formula is C13H20N2O. The Morgan fingerprint density at radius 3 is 2.62 bits per heavy atom. The fraction of sp³-hybridized carbons (Fsp3) is 0.538. The van der Waals surface area contributed by atoms with Crippen molar-refractivity contribution in [2.45, 2.75) is 25.3 Å². The molecule has 3 heteroatoms. The Kier molecular flexibility index (Phi) is 3.46. The van der Waals surface area contributed by atoms with Crippen molar-refractivity contribution in [2.75, 3.05) is 25.0 Å². The largest absolute Gasteiger partial charge is 0.394 e. The van der Waals surface area contributed by atoms with Crippen LogP contribution in [0, 0.1) is 6.92 Å². The summed E-state index contributed by atoms with van der Waals surface area (Å²) < 4.78 is 0. The monoisotopic (exact) mass is 220 g/mol. The van der Waals surface area contributed by atoms with Crippen LogP contribution in [0.3, 0.4) is 0 Å². The molecule has 88 valence electrons. The van der Waals surface area contributed by atoms with Crippen molar-refractivity contribution < 1.29 is 5.11 Å². The number of para-hydroxylation sites is 1. The van der Waals surface area contributed by atoms with Gasteiger partial charge in [-0.3, -0.25) is 0 Å². The molecule has 1 saturated heterocycles. The van der Waals surface area contributed by atoms with Crippen LogP contribution in [0.25, 0.3) is 0 Å². The molecule has 0 saturated carbocycles. The van der Waals surface area contributed by atoms with Crippen LogP contribution in [0.15, 0.2) is 24.3 Å². The van der Waals surface area contributed by atoms with Crippen LogP contribution < -0.4 is 10.6 Å². The van der Waals surface area contributed by atoms with Crippen molar-refractivity contribution in [3.05, 3.63) is 29.8 Å². The van der Waals surface area contributed by atoms with E-state index in [9.17, 15) is 5.11 Å². The van der Waals surface area contributed by atoms with Crippen molar-refractivity contribution in [1.82, 2.24) is 5.32 Å². The van der Waals surface area contributed by atoms with E-state index in [2.05, 4.69) is 29.7 Å². The van der Waals surface area contributed by atoms with Gasteiger partial charge >= 0.3 is 0 Å². The molecule has 1 aliphatic heterocycles. The molecule has 0 spiro atoms. The average molecular weight is 220 g/mol. The molecule has 0 radical (unpaired) electrons. The van der Waals surface area contributed by atoms with E-state index in [-0.39, 0.29) is 12.1 Å². The van der Waals surface area contributed by atoms with Crippen molar-refractivity contribution in [2.24, 2.45) is 0 Å². The predicted octanol–water partition coefficient (Wildman–Crippen LogP) is 1.52. The van der Waals surface area contributed by atoms with Gasteiger partial charge in [-0.15, -0.1) is 0 Å². The number of piperidine rings is 1. The highest BCUT2D eigenvalue weighted by Crippen LogP contribution is 2.25. The summed E-state index contributed by atoms with van der Waals surface area (Å²) in [5.41, 5.74) is 2.23. The maximum atomic E-state index is 9.60. The molecule has 3 nitrogen and oxygen atoms in total. The SMILES string of the molecule is Cc1ccccc1NC1(CO)CCNCC1. The van der Waals surface area contributed by atoms with Crippen molar-refractivity contribution in [3.8, 4) is 0 Å². The van der Waals surface area contributed by atoms with Crippen LogP contribution in [0.5, 0.6) is 0 Å². The van der Waals surface area contributed by atoms with Crippen LogP contribution in [0.4, 0.5) is 5.69 Å². The second-order valence-electron chi connectivity index (χ2n) is 4.63. The summed E-state index contributed by atoms with van der Waals surface area (Å²) >= 11 is 0. The quantitative estimate of drug-likeness (QED) is 0.723. The van der Waals surface area contributed by atoms with Crippen LogP contribution in [0.2, 0.25) is 0 Å². The number of anilines is 1. The second kappa shape index (κ2) is 4.85. The van der Waals surface area contributed by atoms with Gasteiger partial charge in [-0.1, -0.05) is 18.2 Å². The van der Waals surface area contributed by atoms with Gasteiger partial charge in [0.1, 0.15) is 0 Å². The van der Waals surface area contributed by atoms with E-state index in [0.29, 0.717) is 0 Å². The molecule has 1 fully saturated rings. The van der Waals surface area contributed by atoms with Gasteiger partial charge in [0.25, 0.3) is 0 Å². The lowest BCUT2D eigenvalue weighted by Gasteiger charge is -2.38. The number of nitrogens with one attached hydrogen (secondary N) is 2. The van der Waals surface area contributed by atoms with Gasteiger partial charge in [-0.2, -0.15) is 0 Å². The third kappa shape index (κ3) is 2.36. The van der Waals surface area contributed by atoms with E-state index in [4.69, 9.17) is 0 Å². The smallest absolute Gasteiger partial charge is 0.0662 e. The third-order valence-corrected chi connectivity index (χ3v) is 3.41. The Balaban J connectivity index is 2.15. The topological polar surface area (TPSA) is 44.3 Å². The number of aliphatic hydroxyl groups excluding tert-OH is 1. The second-order valence-corrected chi connectivity index (χ2v) is 4.63. The summed E-state index contributed by atoms with van der Waals surface area (Å²) in [6.07, 6.45) is 1.94. The maximum Gasteiger partial charge on any atom is 0.0662 e. The first-order valence-corrected chi connectivity index (χ1v) is 5.91. The Hall–Kier alpha value is -1.06. The summed E-state index contributed by atoms with van der Waals surface area (Å²) in [5.74, 6) is 0. The fourth-order valence-electron chi connectivity index (χ4n) is 2.23. The maximum absolute atomic E-state index is 9.60. The molecule has 1 aromatic carbocycles. The van der Waals surface area contributed by atoms with Gasteiger partial charge in [0.05, 0.1) is 12.1 Å². The van der Waals surface area contributed by atoms with E-state index in [0.717, 1.165) is 31.6 Å². The Bertz CT molecular complexity index is 346. The fourth-order valence-corrected chi connectivity index (χ4v) is 2.23. The minimum Gasteiger partial charge on any atom is -0.394 e. The van der Waals surface area contributed by atoms with E-state index >= 15 is 0 Å². The number of hydrogen-bond donors (Lipinski definition) is 3. The molecule has 2 rings (SSSR count). The lowest BCUT2D eigenvalue weighted by molar-refractivity contribution is 0.179. The van der Waals surface area contributed by atoms with Gasteiger partial charge in [0.2, 0.25) is 0 Å². The number of rotatable bonds is 3. The number of aliphatic hydroxyl groups is 1. The van der Waals surface area contributed by atoms with Crippen molar-refractivity contribution >= 4 is 5.69 Å². The first kappa shape index (κ1) is 11.4. The van der Waals surface area contributed by atoms with Gasteiger partial charge in [-0.05, 0) is 44.5 Å². The first-order valence-electron chi connectivity index (χ1n) is 5.91. The summed E-state index contributed by atoms with van der Waals surface area (Å²) in [6.45, 7) is 4.23. The lowest BCUT2D eigenvalue weighted by atomic mass is 9.88. The summed E-state index contributed by atoms with van der Waals surface area (Å²) in [5, 5.41) is 16.4.